The Morgan fingerprint density at radius 2 is 1.88 bits per heavy atom. The first-order chi connectivity index (χ1) is 7.56. The Labute approximate surface area is 100 Å². The van der Waals surface area contributed by atoms with Crippen LogP contribution in [0.1, 0.15) is 63.1 Å². The zero-order valence-corrected chi connectivity index (χ0v) is 11.0. The van der Waals surface area contributed by atoms with Crippen molar-refractivity contribution >= 4 is 0 Å². The summed E-state index contributed by atoms with van der Waals surface area (Å²) in [5.74, 6) is 3.05. The van der Waals surface area contributed by atoms with Crippen LogP contribution in [0.5, 0.6) is 0 Å². The lowest BCUT2D eigenvalue weighted by molar-refractivity contribution is 0.646. The molecule has 0 unspecified atom stereocenters. The largest absolute Gasteiger partial charge is 0.0625 e. The highest BCUT2D eigenvalue weighted by molar-refractivity contribution is 5.40. The van der Waals surface area contributed by atoms with Gasteiger partial charge in [-0.25, -0.2) is 0 Å². The molecule has 16 heavy (non-hydrogen) atoms. The van der Waals surface area contributed by atoms with E-state index in [1.807, 2.05) is 0 Å². The SMILES string of the molecule is C[C](C)c1cc(CC(C)C)cc(C2CC2)c1. The van der Waals surface area contributed by atoms with Crippen molar-refractivity contribution in [3.8, 4) is 0 Å². The van der Waals surface area contributed by atoms with Crippen molar-refractivity contribution in [2.45, 2.75) is 52.9 Å². The third-order valence-corrected chi connectivity index (χ3v) is 3.29. The Balaban J connectivity index is 2.28. The molecule has 0 heteroatoms. The van der Waals surface area contributed by atoms with E-state index in [1.165, 1.54) is 36.3 Å². The summed E-state index contributed by atoms with van der Waals surface area (Å²) in [6.45, 7) is 9.02. The standard InChI is InChI=1S/C16H23/c1-11(2)7-13-8-15(12(3)4)10-16(9-13)14-5-6-14/h8-11,14H,5-7H2,1-4H3. The van der Waals surface area contributed by atoms with Gasteiger partial charge in [0.1, 0.15) is 0 Å². The Morgan fingerprint density at radius 1 is 1.19 bits per heavy atom. The van der Waals surface area contributed by atoms with Crippen molar-refractivity contribution in [3.05, 3.63) is 40.8 Å². The van der Waals surface area contributed by atoms with E-state index in [-0.39, 0.29) is 0 Å². The van der Waals surface area contributed by atoms with Gasteiger partial charge in [-0.05, 0) is 53.7 Å². The minimum Gasteiger partial charge on any atom is -0.0625 e. The summed E-state index contributed by atoms with van der Waals surface area (Å²) in [6, 6.07) is 7.21. The first-order valence-electron chi connectivity index (χ1n) is 6.50. The molecule has 87 valence electrons. The van der Waals surface area contributed by atoms with Gasteiger partial charge in [-0.2, -0.15) is 0 Å². The molecular formula is C16H23. The lowest BCUT2D eigenvalue weighted by Crippen LogP contribution is -1.99. The summed E-state index contributed by atoms with van der Waals surface area (Å²) in [5.41, 5.74) is 4.55. The molecule has 1 aromatic carbocycles. The van der Waals surface area contributed by atoms with Crippen molar-refractivity contribution < 1.29 is 0 Å². The van der Waals surface area contributed by atoms with E-state index >= 15 is 0 Å². The van der Waals surface area contributed by atoms with E-state index in [0.29, 0.717) is 0 Å². The normalized spacial score (nSPS) is 16.1. The second-order valence-corrected chi connectivity index (χ2v) is 5.84. The minimum absolute atomic E-state index is 0.750. The van der Waals surface area contributed by atoms with Gasteiger partial charge in [0.05, 0.1) is 0 Å². The quantitative estimate of drug-likeness (QED) is 0.681. The molecule has 2 rings (SSSR count). The number of rotatable bonds is 4. The van der Waals surface area contributed by atoms with Gasteiger partial charge in [0.2, 0.25) is 0 Å². The fourth-order valence-electron chi connectivity index (χ4n) is 2.25. The van der Waals surface area contributed by atoms with Gasteiger partial charge < -0.3 is 0 Å². The van der Waals surface area contributed by atoms with Gasteiger partial charge in [0.15, 0.2) is 0 Å². The highest BCUT2D eigenvalue weighted by Gasteiger charge is 2.24. The van der Waals surface area contributed by atoms with Crippen molar-refractivity contribution in [1.29, 1.82) is 0 Å². The number of hydrogen-bond acceptors (Lipinski definition) is 0. The molecule has 1 aliphatic rings. The molecule has 1 aromatic rings. The maximum atomic E-state index is 2.43. The average molecular weight is 215 g/mol. The highest BCUT2D eigenvalue weighted by atomic mass is 14.3. The molecular weight excluding hydrogens is 192 g/mol. The van der Waals surface area contributed by atoms with Crippen molar-refractivity contribution in [2.75, 3.05) is 0 Å². The van der Waals surface area contributed by atoms with Gasteiger partial charge in [-0.1, -0.05) is 45.9 Å². The van der Waals surface area contributed by atoms with E-state index in [9.17, 15) is 0 Å². The second-order valence-electron chi connectivity index (χ2n) is 5.84. The van der Waals surface area contributed by atoms with E-state index in [1.54, 1.807) is 5.56 Å². The van der Waals surface area contributed by atoms with Crippen LogP contribution < -0.4 is 0 Å². The van der Waals surface area contributed by atoms with Crippen LogP contribution in [-0.4, -0.2) is 0 Å². The fourth-order valence-corrected chi connectivity index (χ4v) is 2.25. The van der Waals surface area contributed by atoms with Crippen molar-refractivity contribution in [2.24, 2.45) is 5.92 Å². The highest BCUT2D eigenvalue weighted by Crippen LogP contribution is 2.41. The van der Waals surface area contributed by atoms with Crippen LogP contribution in [0.25, 0.3) is 0 Å². The molecule has 0 heterocycles. The van der Waals surface area contributed by atoms with Gasteiger partial charge in [0.25, 0.3) is 0 Å². The summed E-state index contributed by atoms with van der Waals surface area (Å²) in [7, 11) is 0. The minimum atomic E-state index is 0.750. The van der Waals surface area contributed by atoms with E-state index < -0.39 is 0 Å². The lowest BCUT2D eigenvalue weighted by Gasteiger charge is -2.13. The Kier molecular flexibility index (Phi) is 3.37. The second kappa shape index (κ2) is 4.61. The third-order valence-electron chi connectivity index (χ3n) is 3.29. The smallest absolute Gasteiger partial charge is 0.00118 e. The van der Waals surface area contributed by atoms with Gasteiger partial charge in [-0.3, -0.25) is 0 Å². The molecule has 0 atom stereocenters. The molecule has 1 radical (unpaired) electrons. The van der Waals surface area contributed by atoms with E-state index in [4.69, 9.17) is 0 Å². The van der Waals surface area contributed by atoms with Crippen LogP contribution in [0.2, 0.25) is 0 Å². The molecule has 1 fully saturated rings. The maximum Gasteiger partial charge on any atom is -0.00118 e. The molecule has 0 amide bonds. The predicted octanol–water partition coefficient (Wildman–Crippen LogP) is 4.72. The molecule has 0 N–H and O–H groups in total. The lowest BCUT2D eigenvalue weighted by atomic mass is 9.92. The zero-order valence-electron chi connectivity index (χ0n) is 11.0. The van der Waals surface area contributed by atoms with Crippen LogP contribution in [0.4, 0.5) is 0 Å². The van der Waals surface area contributed by atoms with Crippen LogP contribution in [0, 0.1) is 11.8 Å². The molecule has 0 bridgehead atoms. The predicted molar refractivity (Wildman–Crippen MR) is 70.7 cm³/mol. The Bertz CT molecular complexity index is 336. The third kappa shape index (κ3) is 2.87. The molecule has 1 saturated carbocycles. The van der Waals surface area contributed by atoms with Gasteiger partial charge in [0, 0.05) is 0 Å². The molecule has 0 aromatic heterocycles. The number of benzene rings is 1. The molecule has 0 aliphatic heterocycles. The van der Waals surface area contributed by atoms with E-state index in [2.05, 4.69) is 45.9 Å². The summed E-state index contributed by atoms with van der Waals surface area (Å²) in [4.78, 5) is 0. The summed E-state index contributed by atoms with van der Waals surface area (Å²) in [5, 5.41) is 0. The summed E-state index contributed by atoms with van der Waals surface area (Å²) >= 11 is 0. The van der Waals surface area contributed by atoms with Gasteiger partial charge >= 0.3 is 0 Å². The molecule has 1 aliphatic carbocycles. The first-order valence-corrected chi connectivity index (χ1v) is 6.50. The maximum absolute atomic E-state index is 2.43. The van der Waals surface area contributed by atoms with Gasteiger partial charge in [-0.15, -0.1) is 0 Å². The number of hydrogen-bond donors (Lipinski definition) is 0. The van der Waals surface area contributed by atoms with Crippen LogP contribution in [0.15, 0.2) is 18.2 Å². The Morgan fingerprint density at radius 3 is 2.38 bits per heavy atom. The molecule has 0 saturated heterocycles. The fraction of sp³-hybridized carbons (Fsp3) is 0.562. The van der Waals surface area contributed by atoms with Crippen LogP contribution in [0.3, 0.4) is 0 Å². The molecule has 0 nitrogen and oxygen atoms in total. The zero-order chi connectivity index (χ0) is 11.7. The molecule has 0 spiro atoms. The van der Waals surface area contributed by atoms with E-state index in [0.717, 1.165) is 11.8 Å². The summed E-state index contributed by atoms with van der Waals surface area (Å²) in [6.07, 6.45) is 4.00. The van der Waals surface area contributed by atoms with Crippen LogP contribution >= 0.6 is 0 Å². The Hall–Kier alpha value is -0.780. The summed E-state index contributed by atoms with van der Waals surface area (Å²) < 4.78 is 0. The average Bonchev–Trinajstić information content (AvgIpc) is 2.98. The van der Waals surface area contributed by atoms with Crippen molar-refractivity contribution in [3.63, 3.8) is 0 Å². The monoisotopic (exact) mass is 215 g/mol. The topological polar surface area (TPSA) is 0 Å². The van der Waals surface area contributed by atoms with Crippen molar-refractivity contribution in [1.82, 2.24) is 0 Å². The first kappa shape index (κ1) is 11.7. The van der Waals surface area contributed by atoms with Crippen LogP contribution in [-0.2, 0) is 6.42 Å².